The molecule has 0 bridgehead atoms. The zero-order chi connectivity index (χ0) is 30.9. The molecule has 2 fully saturated rings. The zero-order valence-corrected chi connectivity index (χ0v) is 23.6. The van der Waals surface area contributed by atoms with Crippen molar-refractivity contribution >= 4 is 35.0 Å². The molecule has 0 unspecified atom stereocenters. The Morgan fingerprint density at radius 2 is 1.93 bits per heavy atom. The van der Waals surface area contributed by atoms with E-state index in [9.17, 15) is 27.6 Å². The summed E-state index contributed by atoms with van der Waals surface area (Å²) in [6.45, 7) is 1.12. The first-order valence-electron chi connectivity index (χ1n) is 13.4. The Kier molecular flexibility index (Phi) is 8.43. The highest BCUT2D eigenvalue weighted by Gasteiger charge is 2.39. The van der Waals surface area contributed by atoms with Crippen LogP contribution in [0.4, 0.5) is 18.9 Å². The molecule has 0 spiro atoms. The van der Waals surface area contributed by atoms with Crippen molar-refractivity contribution in [3.8, 4) is 17.3 Å². The summed E-state index contributed by atoms with van der Waals surface area (Å²) in [5.41, 5.74) is -1.14. The summed E-state index contributed by atoms with van der Waals surface area (Å²) in [5, 5.41) is 24.0. The van der Waals surface area contributed by atoms with E-state index in [0.29, 0.717) is 19.4 Å². The van der Waals surface area contributed by atoms with Crippen LogP contribution in [0.5, 0.6) is 0 Å². The number of hydrogen-bond donors (Lipinski definition) is 4. The minimum Gasteiger partial charge on any atom is -0.353 e. The average molecular weight is 618 g/mol. The molecule has 226 valence electrons. The van der Waals surface area contributed by atoms with Crippen LogP contribution in [0.3, 0.4) is 0 Å². The molecule has 2 aromatic heterocycles. The third-order valence-electron chi connectivity index (χ3n) is 7.45. The molecule has 16 heteroatoms. The summed E-state index contributed by atoms with van der Waals surface area (Å²) in [7, 11) is 1.38. The predicted molar refractivity (Wildman–Crippen MR) is 148 cm³/mol. The molecular weight excluding hydrogens is 591 g/mol. The monoisotopic (exact) mass is 617 g/mol. The number of nitriles is 1. The molecule has 1 aliphatic heterocycles. The number of halogens is 4. The minimum atomic E-state index is -4.79. The van der Waals surface area contributed by atoms with Gasteiger partial charge >= 0.3 is 6.18 Å². The molecule has 1 aromatic carbocycles. The number of carbonyl (C=O) groups excluding carboxylic acids is 3. The van der Waals surface area contributed by atoms with E-state index in [4.69, 9.17) is 16.9 Å². The lowest BCUT2D eigenvalue weighted by Crippen LogP contribution is -2.54. The quantitative estimate of drug-likeness (QED) is 0.302. The lowest BCUT2D eigenvalue weighted by molar-refractivity contribution is -0.141. The van der Waals surface area contributed by atoms with Gasteiger partial charge in [-0.2, -0.15) is 23.5 Å². The third-order valence-corrected chi connectivity index (χ3v) is 7.77. The van der Waals surface area contributed by atoms with Crippen LogP contribution in [-0.4, -0.2) is 62.2 Å². The van der Waals surface area contributed by atoms with Crippen LogP contribution in [-0.2, 0) is 24.6 Å². The number of benzene rings is 1. The fourth-order valence-electron chi connectivity index (χ4n) is 5.12. The van der Waals surface area contributed by atoms with E-state index in [1.54, 1.807) is 6.07 Å². The molecule has 1 atom stereocenters. The smallest absolute Gasteiger partial charge is 0.353 e. The maximum atomic E-state index is 13.6. The van der Waals surface area contributed by atoms with Crippen LogP contribution in [0.15, 0.2) is 30.6 Å². The Balaban J connectivity index is 1.20. The normalized spacial score (nSPS) is 19.8. The van der Waals surface area contributed by atoms with Crippen LogP contribution in [0, 0.1) is 17.2 Å². The Morgan fingerprint density at radius 3 is 2.58 bits per heavy atom. The van der Waals surface area contributed by atoms with Crippen molar-refractivity contribution < 1.29 is 27.6 Å². The average Bonchev–Trinajstić information content (AvgIpc) is 3.67. The van der Waals surface area contributed by atoms with E-state index in [2.05, 4.69) is 31.3 Å². The second-order valence-corrected chi connectivity index (χ2v) is 10.9. The molecule has 3 heterocycles. The van der Waals surface area contributed by atoms with E-state index in [1.165, 1.54) is 29.8 Å². The van der Waals surface area contributed by atoms with Gasteiger partial charge in [0.05, 0.1) is 40.0 Å². The van der Waals surface area contributed by atoms with Gasteiger partial charge in [-0.05, 0) is 44.0 Å². The van der Waals surface area contributed by atoms with Crippen LogP contribution >= 0.6 is 11.6 Å². The molecule has 1 saturated carbocycles. The van der Waals surface area contributed by atoms with Crippen LogP contribution < -0.4 is 21.3 Å². The predicted octanol–water partition coefficient (Wildman–Crippen LogP) is 2.72. The summed E-state index contributed by atoms with van der Waals surface area (Å²) in [6.07, 6.45) is -0.577. The van der Waals surface area contributed by atoms with Crippen molar-refractivity contribution in [3.05, 3.63) is 52.7 Å². The van der Waals surface area contributed by atoms with E-state index in [1.807, 2.05) is 0 Å². The van der Waals surface area contributed by atoms with Crippen molar-refractivity contribution in [3.63, 3.8) is 0 Å². The van der Waals surface area contributed by atoms with Gasteiger partial charge in [-0.1, -0.05) is 11.6 Å². The lowest BCUT2D eigenvalue weighted by Gasteiger charge is -2.36. The number of nitrogens with zero attached hydrogens (tertiary/aromatic N) is 5. The SMILES string of the molecule is Cn1c(-c2cn(CC#N)nc2C(F)(F)F)cnc1C(=O)Nc1ccc(C(=O)NC2CC(NC(=O)[C@@H]3CCNC3)C2)c(Cl)c1. The first-order chi connectivity index (χ1) is 20.4. The van der Waals surface area contributed by atoms with E-state index in [0.717, 1.165) is 30.0 Å². The Labute approximate surface area is 248 Å². The molecule has 43 heavy (non-hydrogen) atoms. The Morgan fingerprint density at radius 1 is 1.19 bits per heavy atom. The van der Waals surface area contributed by atoms with Crippen molar-refractivity contribution in [2.75, 3.05) is 18.4 Å². The summed E-state index contributed by atoms with van der Waals surface area (Å²) in [6, 6.07) is 5.92. The standard InChI is InChI=1S/C27H27ClF3N9O3/c1-39-21(19-13-40(7-5-32)38-22(19)27(29,30)31)12-34-23(39)26(43)35-15-2-3-18(20(28)10-15)25(42)37-17-8-16(9-17)36-24(41)14-4-6-33-11-14/h2-3,10,12-14,16-17,33H,4,6-9,11H2,1H3,(H,35,43)(H,36,41)(H,37,42)/t14-,16?,17?/m1/s1. The number of amides is 3. The van der Waals surface area contributed by atoms with Crippen LogP contribution in [0.1, 0.15) is 45.9 Å². The highest BCUT2D eigenvalue weighted by Crippen LogP contribution is 2.36. The Bertz CT molecular complexity index is 1600. The van der Waals surface area contributed by atoms with Crippen molar-refractivity contribution in [1.29, 1.82) is 5.26 Å². The number of alkyl halides is 3. The number of imidazole rings is 1. The molecule has 1 saturated heterocycles. The Hall–Kier alpha value is -4.42. The van der Waals surface area contributed by atoms with Gasteiger partial charge in [0.1, 0.15) is 6.54 Å². The maximum absolute atomic E-state index is 13.6. The van der Waals surface area contributed by atoms with Crippen LogP contribution in [0.25, 0.3) is 11.3 Å². The fourth-order valence-corrected chi connectivity index (χ4v) is 5.39. The van der Waals surface area contributed by atoms with Gasteiger partial charge in [0.2, 0.25) is 5.91 Å². The highest BCUT2D eigenvalue weighted by molar-refractivity contribution is 6.34. The highest BCUT2D eigenvalue weighted by atomic mass is 35.5. The molecule has 3 amide bonds. The largest absolute Gasteiger partial charge is 0.435 e. The number of rotatable bonds is 8. The summed E-state index contributed by atoms with van der Waals surface area (Å²) in [4.78, 5) is 42.0. The number of hydrogen-bond acceptors (Lipinski definition) is 7. The minimum absolute atomic E-state index is 0.00637. The first kappa shape index (κ1) is 30.1. The second kappa shape index (κ2) is 12.1. The zero-order valence-electron chi connectivity index (χ0n) is 22.8. The molecule has 4 N–H and O–H groups in total. The molecule has 3 aromatic rings. The summed E-state index contributed by atoms with van der Waals surface area (Å²) in [5.74, 6) is -1.31. The third kappa shape index (κ3) is 6.50. The van der Waals surface area contributed by atoms with Gasteiger partial charge in [0.15, 0.2) is 11.5 Å². The number of aromatic nitrogens is 4. The first-order valence-corrected chi connectivity index (χ1v) is 13.8. The van der Waals surface area contributed by atoms with Gasteiger partial charge < -0.3 is 25.8 Å². The molecule has 5 rings (SSSR count). The molecule has 2 aliphatic rings. The van der Waals surface area contributed by atoms with Crippen molar-refractivity contribution in [2.24, 2.45) is 13.0 Å². The number of anilines is 1. The molecule has 0 radical (unpaired) electrons. The topological polar surface area (TPSA) is 159 Å². The molecular formula is C27H27ClF3N9O3. The van der Waals surface area contributed by atoms with Gasteiger partial charge in [-0.3, -0.25) is 19.1 Å². The number of nitrogens with one attached hydrogen (secondary N) is 4. The summed E-state index contributed by atoms with van der Waals surface area (Å²) >= 11 is 6.34. The lowest BCUT2D eigenvalue weighted by atomic mass is 9.86. The van der Waals surface area contributed by atoms with Gasteiger partial charge in [0.25, 0.3) is 11.8 Å². The molecule has 12 nitrogen and oxygen atoms in total. The maximum Gasteiger partial charge on any atom is 0.435 e. The van der Waals surface area contributed by atoms with Gasteiger partial charge in [-0.25, -0.2) is 4.98 Å². The number of carbonyl (C=O) groups is 3. The second-order valence-electron chi connectivity index (χ2n) is 10.5. The van der Waals surface area contributed by atoms with Gasteiger partial charge in [-0.15, -0.1) is 0 Å². The van der Waals surface area contributed by atoms with Crippen molar-refractivity contribution in [1.82, 2.24) is 35.3 Å². The van der Waals surface area contributed by atoms with E-state index < -0.39 is 23.7 Å². The van der Waals surface area contributed by atoms with Crippen LogP contribution in [0.2, 0.25) is 5.02 Å². The molecule has 1 aliphatic carbocycles. The van der Waals surface area contributed by atoms with Gasteiger partial charge in [0, 0.05) is 37.6 Å². The van der Waals surface area contributed by atoms with E-state index in [-0.39, 0.29) is 63.8 Å². The van der Waals surface area contributed by atoms with Crippen molar-refractivity contribution in [2.45, 2.75) is 44.1 Å². The van der Waals surface area contributed by atoms with E-state index >= 15 is 0 Å². The summed E-state index contributed by atoms with van der Waals surface area (Å²) < 4.78 is 42.8. The fraction of sp³-hybridized carbons (Fsp3) is 0.407.